The Balaban J connectivity index is 2.26. The number of hydrogen-bond acceptors (Lipinski definition) is 5. The lowest BCUT2D eigenvalue weighted by atomic mass is 10.2. The van der Waals surface area contributed by atoms with E-state index >= 15 is 0 Å². The summed E-state index contributed by atoms with van der Waals surface area (Å²) in [6.45, 7) is 0. The van der Waals surface area contributed by atoms with Crippen LogP contribution >= 0.6 is 11.3 Å². The Hall–Kier alpha value is -1.88. The molecule has 0 radical (unpaired) electrons. The minimum Gasteiger partial charge on any atom is -0.507 e. The first-order chi connectivity index (χ1) is 7.79. The average molecular weight is 234 g/mol. The number of rotatable bonds is 3. The van der Waals surface area contributed by atoms with Crippen molar-refractivity contribution in [3.8, 4) is 11.5 Å². The van der Waals surface area contributed by atoms with Crippen LogP contribution in [0.15, 0.2) is 34.8 Å². The van der Waals surface area contributed by atoms with Crippen LogP contribution in [0.5, 0.6) is 11.5 Å². The summed E-state index contributed by atoms with van der Waals surface area (Å²) in [7, 11) is 1.58. The predicted molar refractivity (Wildman–Crippen MR) is 64.0 cm³/mol. The van der Waals surface area contributed by atoms with Crippen molar-refractivity contribution in [3.63, 3.8) is 0 Å². The maximum atomic E-state index is 9.60. The molecule has 2 rings (SSSR count). The topological polar surface area (TPSA) is 54.7 Å². The first kappa shape index (κ1) is 10.6. The fourth-order valence-corrected chi connectivity index (χ4v) is 1.65. The Morgan fingerprint density at radius 2 is 2.38 bits per heavy atom. The van der Waals surface area contributed by atoms with Gasteiger partial charge in [0.05, 0.1) is 7.11 Å². The number of aromatic nitrogens is 1. The van der Waals surface area contributed by atoms with Crippen molar-refractivity contribution < 1.29 is 9.84 Å². The van der Waals surface area contributed by atoms with Crippen LogP contribution in [0.2, 0.25) is 0 Å². The van der Waals surface area contributed by atoms with E-state index in [0.717, 1.165) is 0 Å². The zero-order valence-electron chi connectivity index (χ0n) is 8.62. The molecule has 2 aromatic rings. The Morgan fingerprint density at radius 3 is 3.06 bits per heavy atom. The molecule has 0 aliphatic carbocycles. The Bertz CT molecular complexity index is 495. The number of phenolic OH excluding ortho intramolecular Hbond substituents is 1. The molecule has 0 unspecified atom stereocenters. The number of ether oxygens (including phenoxy) is 1. The van der Waals surface area contributed by atoms with E-state index in [0.29, 0.717) is 16.4 Å². The molecule has 0 fully saturated rings. The third-order valence-corrected chi connectivity index (χ3v) is 2.65. The van der Waals surface area contributed by atoms with Gasteiger partial charge in [0, 0.05) is 23.4 Å². The largest absolute Gasteiger partial charge is 0.507 e. The van der Waals surface area contributed by atoms with Crippen molar-refractivity contribution in [3.05, 3.63) is 35.3 Å². The van der Waals surface area contributed by atoms with Crippen molar-refractivity contribution in [1.82, 2.24) is 4.98 Å². The fraction of sp³-hybridized carbons (Fsp3) is 0.0909. The number of aliphatic imine (C=N–C) groups is 1. The molecule has 0 amide bonds. The first-order valence-corrected chi connectivity index (χ1v) is 5.48. The second-order valence-corrected chi connectivity index (χ2v) is 3.87. The number of phenols is 1. The quantitative estimate of drug-likeness (QED) is 0.830. The molecule has 4 nitrogen and oxygen atoms in total. The molecule has 0 bridgehead atoms. The van der Waals surface area contributed by atoms with E-state index in [-0.39, 0.29) is 5.75 Å². The van der Waals surface area contributed by atoms with Gasteiger partial charge in [-0.25, -0.2) is 9.98 Å². The van der Waals surface area contributed by atoms with Gasteiger partial charge in [0.15, 0.2) is 0 Å². The molecule has 0 saturated carbocycles. The number of nitrogens with zero attached hydrogens (tertiary/aromatic N) is 2. The maximum Gasteiger partial charge on any atom is 0.209 e. The van der Waals surface area contributed by atoms with Crippen molar-refractivity contribution in [2.24, 2.45) is 4.99 Å². The highest BCUT2D eigenvalue weighted by Gasteiger charge is 2.00. The second-order valence-electron chi connectivity index (χ2n) is 3.00. The Labute approximate surface area is 96.9 Å². The van der Waals surface area contributed by atoms with Gasteiger partial charge in [-0.15, -0.1) is 11.3 Å². The molecule has 0 atom stereocenters. The molecule has 1 aromatic heterocycles. The van der Waals surface area contributed by atoms with Crippen molar-refractivity contribution in [1.29, 1.82) is 0 Å². The standard InChI is InChI=1S/C11H10N2O2S/c1-15-9-2-3-10(14)8(6-9)7-13-11-12-4-5-16-11/h2-7,14H,1H3/b13-7+. The van der Waals surface area contributed by atoms with Crippen molar-refractivity contribution in [2.75, 3.05) is 7.11 Å². The van der Waals surface area contributed by atoms with Gasteiger partial charge >= 0.3 is 0 Å². The summed E-state index contributed by atoms with van der Waals surface area (Å²) in [5.41, 5.74) is 0.606. The van der Waals surface area contributed by atoms with Gasteiger partial charge in [-0.05, 0) is 18.2 Å². The summed E-state index contributed by atoms with van der Waals surface area (Å²) < 4.78 is 5.06. The molecular weight excluding hydrogens is 224 g/mol. The van der Waals surface area contributed by atoms with Gasteiger partial charge in [0.2, 0.25) is 5.13 Å². The summed E-state index contributed by atoms with van der Waals surface area (Å²) in [4.78, 5) is 8.15. The number of aromatic hydroxyl groups is 1. The lowest BCUT2D eigenvalue weighted by Crippen LogP contribution is -1.86. The third kappa shape index (κ3) is 2.38. The van der Waals surface area contributed by atoms with E-state index in [1.54, 1.807) is 37.7 Å². The van der Waals surface area contributed by atoms with E-state index in [9.17, 15) is 5.11 Å². The lowest BCUT2D eigenvalue weighted by Gasteiger charge is -2.02. The highest BCUT2D eigenvalue weighted by molar-refractivity contribution is 7.13. The van der Waals surface area contributed by atoms with Crippen LogP contribution in [0.25, 0.3) is 0 Å². The summed E-state index contributed by atoms with van der Waals surface area (Å²) in [6, 6.07) is 4.98. The summed E-state index contributed by atoms with van der Waals surface area (Å²) in [6.07, 6.45) is 3.25. The van der Waals surface area contributed by atoms with Crippen LogP contribution in [0.3, 0.4) is 0 Å². The zero-order chi connectivity index (χ0) is 11.4. The monoisotopic (exact) mass is 234 g/mol. The van der Waals surface area contributed by atoms with Gasteiger partial charge < -0.3 is 9.84 Å². The SMILES string of the molecule is COc1ccc(O)c(/C=N/c2nccs2)c1. The minimum absolute atomic E-state index is 0.168. The molecule has 82 valence electrons. The van der Waals surface area contributed by atoms with Crippen molar-refractivity contribution >= 4 is 22.7 Å². The highest BCUT2D eigenvalue weighted by Crippen LogP contribution is 2.22. The van der Waals surface area contributed by atoms with Gasteiger partial charge in [-0.3, -0.25) is 0 Å². The summed E-state index contributed by atoms with van der Waals surface area (Å²) >= 11 is 1.44. The molecule has 1 aromatic carbocycles. The highest BCUT2D eigenvalue weighted by atomic mass is 32.1. The molecule has 0 spiro atoms. The zero-order valence-corrected chi connectivity index (χ0v) is 9.44. The summed E-state index contributed by atoms with van der Waals surface area (Å²) in [5, 5.41) is 12.1. The first-order valence-electron chi connectivity index (χ1n) is 4.60. The van der Waals surface area contributed by atoms with E-state index in [4.69, 9.17) is 4.74 Å². The molecule has 0 aliphatic rings. The smallest absolute Gasteiger partial charge is 0.209 e. The van der Waals surface area contributed by atoms with E-state index in [1.165, 1.54) is 11.3 Å². The molecule has 0 saturated heterocycles. The lowest BCUT2D eigenvalue weighted by molar-refractivity contribution is 0.412. The predicted octanol–water partition coefficient (Wildman–Crippen LogP) is 2.61. The fourth-order valence-electron chi connectivity index (χ4n) is 1.17. The number of methoxy groups -OCH3 is 1. The second kappa shape index (κ2) is 4.76. The minimum atomic E-state index is 0.168. The van der Waals surface area contributed by atoms with Crippen LogP contribution in [0.4, 0.5) is 5.13 Å². The molecule has 1 N–H and O–H groups in total. The van der Waals surface area contributed by atoms with Gasteiger partial charge in [0.1, 0.15) is 11.5 Å². The number of benzene rings is 1. The average Bonchev–Trinajstić information content (AvgIpc) is 2.81. The molecular formula is C11H10N2O2S. The van der Waals surface area contributed by atoms with Crippen molar-refractivity contribution in [2.45, 2.75) is 0 Å². The van der Waals surface area contributed by atoms with Crippen LogP contribution in [0, 0.1) is 0 Å². The molecule has 0 aliphatic heterocycles. The number of thiazole rings is 1. The van der Waals surface area contributed by atoms with Crippen LogP contribution < -0.4 is 4.74 Å². The molecule has 5 heteroatoms. The van der Waals surface area contributed by atoms with E-state index in [1.807, 2.05) is 5.38 Å². The van der Waals surface area contributed by atoms with Gasteiger partial charge in [-0.2, -0.15) is 0 Å². The number of hydrogen-bond donors (Lipinski definition) is 1. The Kier molecular flexibility index (Phi) is 3.16. The Morgan fingerprint density at radius 1 is 1.50 bits per heavy atom. The third-order valence-electron chi connectivity index (χ3n) is 1.97. The van der Waals surface area contributed by atoms with Gasteiger partial charge in [-0.1, -0.05) is 0 Å². The van der Waals surface area contributed by atoms with Crippen LogP contribution in [0.1, 0.15) is 5.56 Å². The van der Waals surface area contributed by atoms with Crippen LogP contribution in [-0.4, -0.2) is 23.4 Å². The van der Waals surface area contributed by atoms with Gasteiger partial charge in [0.25, 0.3) is 0 Å². The normalized spacial score (nSPS) is 10.8. The maximum absolute atomic E-state index is 9.60. The van der Waals surface area contributed by atoms with E-state index in [2.05, 4.69) is 9.98 Å². The molecule has 1 heterocycles. The summed E-state index contributed by atoms with van der Waals surface area (Å²) in [5.74, 6) is 0.847. The van der Waals surface area contributed by atoms with Crippen LogP contribution in [-0.2, 0) is 0 Å². The molecule has 16 heavy (non-hydrogen) atoms. The van der Waals surface area contributed by atoms with E-state index < -0.39 is 0 Å².